The second-order valence-corrected chi connectivity index (χ2v) is 18.7. The van der Waals surface area contributed by atoms with Crippen molar-refractivity contribution < 1.29 is 29.5 Å². The van der Waals surface area contributed by atoms with E-state index in [1.807, 2.05) is 13.8 Å². The zero-order valence-electron chi connectivity index (χ0n) is 28.0. The highest BCUT2D eigenvalue weighted by Gasteiger charge is 2.76. The second-order valence-electron chi connectivity index (χ2n) is 18.7. The topological polar surface area (TPSA) is 88.4 Å². The van der Waals surface area contributed by atoms with E-state index in [1.165, 1.54) is 5.57 Å². The Hall–Kier alpha value is -0.500. The molecule has 0 bridgehead atoms. The molecule has 5 aliphatic carbocycles. The fourth-order valence-electron chi connectivity index (χ4n) is 13.4. The quantitative estimate of drug-likeness (QED) is 0.310. The van der Waals surface area contributed by atoms with Crippen molar-refractivity contribution in [3.63, 3.8) is 0 Å². The fraction of sp³-hybridized carbons (Fsp3) is 0.944. The zero-order valence-corrected chi connectivity index (χ0v) is 28.0. The summed E-state index contributed by atoms with van der Waals surface area (Å²) in [5.41, 5.74) is -0.0606. The Labute approximate surface area is 254 Å². The number of aliphatic hydroxyl groups is 3. The van der Waals surface area contributed by atoms with Gasteiger partial charge in [-0.05, 0) is 112 Å². The Morgan fingerprint density at radius 3 is 2.21 bits per heavy atom. The first-order valence-corrected chi connectivity index (χ1v) is 16.9. The molecule has 7 rings (SSSR count). The average Bonchev–Trinajstić information content (AvgIpc) is 3.05. The molecule has 2 aliphatic heterocycles. The lowest BCUT2D eigenvalue weighted by Gasteiger charge is -2.74. The molecule has 0 unspecified atom stereocenters. The molecule has 4 saturated carbocycles. The number of allylic oxidation sites excluding steroid dienone is 2. The van der Waals surface area contributed by atoms with Gasteiger partial charge in [0.05, 0.1) is 35.9 Å². The molecular weight excluding hydrogens is 528 g/mol. The van der Waals surface area contributed by atoms with Crippen LogP contribution in [0.3, 0.4) is 0 Å². The molecule has 6 heteroatoms. The van der Waals surface area contributed by atoms with Crippen LogP contribution in [0.15, 0.2) is 11.6 Å². The molecule has 2 heterocycles. The monoisotopic (exact) mass is 586 g/mol. The number of ether oxygens (including phenoxy) is 3. The van der Waals surface area contributed by atoms with Crippen LogP contribution in [0.1, 0.15) is 121 Å². The Balaban J connectivity index is 1.35. The van der Waals surface area contributed by atoms with Gasteiger partial charge < -0.3 is 29.5 Å². The summed E-state index contributed by atoms with van der Waals surface area (Å²) < 4.78 is 19.9. The molecule has 6 nitrogen and oxygen atoms in total. The molecule has 0 spiro atoms. The van der Waals surface area contributed by atoms with Gasteiger partial charge in [-0.2, -0.15) is 0 Å². The van der Waals surface area contributed by atoms with Crippen LogP contribution in [0.5, 0.6) is 0 Å². The highest BCUT2D eigenvalue weighted by atomic mass is 16.7. The van der Waals surface area contributed by atoms with Crippen LogP contribution in [-0.2, 0) is 14.2 Å². The standard InChI is InChI=1S/C36H58O6/c1-28(2)17-22-21-11-12-23-31(7)15-16-36(39)34(10,19-29(3,4)42-36)24(31)13-14-32(23,8)33(21,9)18-25-35(22,20-37)27(26(28)38)41-30(5,6)40-25/h11,22-27,37-39H,12-20H2,1-10H3/t22-,23+,24+,25+,26-,27-,31+,32+,33+,34+,35-,36-/m0/s1. The van der Waals surface area contributed by atoms with Crippen molar-refractivity contribution in [3.05, 3.63) is 11.6 Å². The summed E-state index contributed by atoms with van der Waals surface area (Å²) in [4.78, 5) is 0. The van der Waals surface area contributed by atoms with Gasteiger partial charge in [0.15, 0.2) is 11.6 Å². The lowest BCUT2D eigenvalue weighted by molar-refractivity contribution is -0.403. The first-order chi connectivity index (χ1) is 19.1. The van der Waals surface area contributed by atoms with Crippen molar-refractivity contribution in [2.75, 3.05) is 6.61 Å². The molecule has 6 fully saturated rings. The SMILES string of the molecule is CC1(C)C[C@]2(C)[C@@H]3CC[C@]4(C)[C@H](CC=C5[C@@H]6CC(C)(C)[C@@H](O)[C@@H]7OC(C)(C)O[C@H](C[C@]54C)[C@]67CO)[C@@]3(C)CC[C@]2(O)O1. The van der Waals surface area contributed by atoms with Gasteiger partial charge in [0.25, 0.3) is 0 Å². The van der Waals surface area contributed by atoms with Crippen LogP contribution >= 0.6 is 0 Å². The van der Waals surface area contributed by atoms with Gasteiger partial charge in [-0.1, -0.05) is 53.2 Å². The maximum atomic E-state index is 12.0. The van der Waals surface area contributed by atoms with Crippen LogP contribution in [0.25, 0.3) is 0 Å². The lowest BCUT2D eigenvalue weighted by atomic mass is 9.32. The molecule has 7 aliphatic rings. The van der Waals surface area contributed by atoms with E-state index < -0.39 is 29.2 Å². The molecule has 238 valence electrons. The summed E-state index contributed by atoms with van der Waals surface area (Å²) in [6, 6.07) is 0. The van der Waals surface area contributed by atoms with E-state index in [1.54, 1.807) is 0 Å². The van der Waals surface area contributed by atoms with Crippen molar-refractivity contribution in [1.82, 2.24) is 0 Å². The van der Waals surface area contributed by atoms with E-state index in [4.69, 9.17) is 14.2 Å². The normalized spacial score (nSPS) is 58.5. The molecule has 3 N–H and O–H groups in total. The predicted molar refractivity (Wildman–Crippen MR) is 161 cm³/mol. The predicted octanol–water partition coefficient (Wildman–Crippen LogP) is 6.36. The zero-order chi connectivity index (χ0) is 30.7. The molecule has 12 atom stereocenters. The fourth-order valence-corrected chi connectivity index (χ4v) is 13.4. The summed E-state index contributed by atoms with van der Waals surface area (Å²) >= 11 is 0. The van der Waals surface area contributed by atoms with E-state index in [0.29, 0.717) is 18.3 Å². The third-order valence-corrected chi connectivity index (χ3v) is 15.4. The van der Waals surface area contributed by atoms with Crippen LogP contribution in [0, 0.1) is 50.2 Å². The van der Waals surface area contributed by atoms with E-state index in [2.05, 4.69) is 61.5 Å². The van der Waals surface area contributed by atoms with Crippen molar-refractivity contribution in [3.8, 4) is 0 Å². The Kier molecular flexibility index (Phi) is 5.93. The summed E-state index contributed by atoms with van der Waals surface area (Å²) in [6.45, 7) is 22.5. The van der Waals surface area contributed by atoms with E-state index >= 15 is 0 Å². The molecule has 0 aromatic heterocycles. The number of rotatable bonds is 1. The third kappa shape index (κ3) is 3.33. The first-order valence-electron chi connectivity index (χ1n) is 16.9. The average molecular weight is 587 g/mol. The maximum Gasteiger partial charge on any atom is 0.171 e. The number of hydrogen-bond acceptors (Lipinski definition) is 6. The van der Waals surface area contributed by atoms with Gasteiger partial charge in [-0.15, -0.1) is 0 Å². The summed E-state index contributed by atoms with van der Waals surface area (Å²) in [6.07, 6.45) is 8.66. The minimum Gasteiger partial charge on any atom is -0.396 e. The Bertz CT molecular complexity index is 1210. The van der Waals surface area contributed by atoms with E-state index in [0.717, 1.165) is 44.9 Å². The molecule has 0 aromatic rings. The Morgan fingerprint density at radius 1 is 0.857 bits per heavy atom. The molecular formula is C36H58O6. The third-order valence-electron chi connectivity index (χ3n) is 15.4. The highest BCUT2D eigenvalue weighted by molar-refractivity contribution is 5.37. The van der Waals surface area contributed by atoms with Crippen molar-refractivity contribution in [2.45, 2.75) is 156 Å². The minimum atomic E-state index is -1.05. The number of hydrogen-bond donors (Lipinski definition) is 3. The number of fused-ring (bicyclic) bond motifs is 8. The van der Waals surface area contributed by atoms with Crippen molar-refractivity contribution >= 4 is 0 Å². The van der Waals surface area contributed by atoms with Crippen LogP contribution in [0.4, 0.5) is 0 Å². The van der Waals surface area contributed by atoms with E-state index in [-0.39, 0.29) is 51.3 Å². The first kappa shape index (κ1) is 30.2. The molecule has 0 radical (unpaired) electrons. The Morgan fingerprint density at radius 2 is 1.55 bits per heavy atom. The largest absolute Gasteiger partial charge is 0.396 e. The van der Waals surface area contributed by atoms with Crippen LogP contribution in [-0.4, -0.2) is 57.4 Å². The molecule has 0 amide bonds. The van der Waals surface area contributed by atoms with Gasteiger partial charge in [0.1, 0.15) is 0 Å². The van der Waals surface area contributed by atoms with Gasteiger partial charge in [-0.25, -0.2) is 0 Å². The van der Waals surface area contributed by atoms with Gasteiger partial charge in [-0.3, -0.25) is 0 Å². The van der Waals surface area contributed by atoms with E-state index in [9.17, 15) is 15.3 Å². The molecule has 0 aromatic carbocycles. The van der Waals surface area contributed by atoms with Gasteiger partial charge in [0.2, 0.25) is 0 Å². The van der Waals surface area contributed by atoms with Gasteiger partial charge in [0, 0.05) is 11.8 Å². The van der Waals surface area contributed by atoms with Crippen molar-refractivity contribution in [2.24, 2.45) is 50.2 Å². The lowest BCUT2D eigenvalue weighted by Crippen LogP contribution is -2.75. The maximum absolute atomic E-state index is 12.0. The highest BCUT2D eigenvalue weighted by Crippen LogP contribution is 2.78. The minimum absolute atomic E-state index is 0.0453. The smallest absolute Gasteiger partial charge is 0.171 e. The summed E-state index contributed by atoms with van der Waals surface area (Å²) in [5, 5.41) is 34.9. The number of aliphatic hydroxyl groups excluding tert-OH is 2. The second kappa shape index (κ2) is 8.25. The van der Waals surface area contributed by atoms with Crippen molar-refractivity contribution in [1.29, 1.82) is 0 Å². The van der Waals surface area contributed by atoms with Crippen LogP contribution in [0.2, 0.25) is 0 Å². The molecule has 42 heavy (non-hydrogen) atoms. The van der Waals surface area contributed by atoms with Crippen LogP contribution < -0.4 is 0 Å². The summed E-state index contributed by atoms with van der Waals surface area (Å²) in [7, 11) is 0. The molecule has 2 saturated heterocycles. The van der Waals surface area contributed by atoms with Gasteiger partial charge >= 0.3 is 0 Å². The summed E-state index contributed by atoms with van der Waals surface area (Å²) in [5.74, 6) is -0.915.